The quantitative estimate of drug-likeness (QED) is 0.233. The number of para-hydroxylation sites is 1. The number of benzene rings is 2. The van der Waals surface area contributed by atoms with E-state index in [0.29, 0.717) is 5.75 Å². The van der Waals surface area contributed by atoms with Crippen LogP contribution in [0.2, 0.25) is 0 Å². The van der Waals surface area contributed by atoms with Gasteiger partial charge in [-0.2, -0.15) is 8.42 Å². The van der Waals surface area contributed by atoms with Crippen molar-refractivity contribution in [3.8, 4) is 11.5 Å². The molecule has 2 rings (SSSR count). The molecule has 0 amide bonds. The number of unbranched alkanes of at least 4 members (excludes halogenated alkanes) is 10. The van der Waals surface area contributed by atoms with E-state index in [1.54, 1.807) is 12.1 Å². The Bertz CT molecular complexity index is 846. The summed E-state index contributed by atoms with van der Waals surface area (Å²) in [6.07, 6.45) is 15.4. The van der Waals surface area contributed by atoms with E-state index in [1.165, 1.54) is 76.3 Å². The summed E-state index contributed by atoms with van der Waals surface area (Å²) in [6.45, 7) is 2.26. The Labute approximate surface area is 182 Å². The Balaban J connectivity index is 1.73. The predicted octanol–water partition coefficient (Wildman–Crippen LogP) is 7.58. The maximum atomic E-state index is 11.3. The van der Waals surface area contributed by atoms with Crippen LogP contribution >= 0.6 is 0 Å². The minimum absolute atomic E-state index is 0.164. The van der Waals surface area contributed by atoms with Gasteiger partial charge >= 0.3 is 0 Å². The standard InChI is InChI=1S/C25H36O4S/c1-2-3-4-5-6-7-8-9-10-11-12-16-22-17-13-14-20-25(22)29-23-18-15-19-24(21-23)30(26,27)28/h13-15,17-21H,2-12,16H2,1H3,(H,26,27,28). The van der Waals surface area contributed by atoms with E-state index >= 15 is 0 Å². The number of ether oxygens (including phenoxy) is 1. The van der Waals surface area contributed by atoms with E-state index in [2.05, 4.69) is 13.0 Å². The molecule has 2 aromatic rings. The summed E-state index contributed by atoms with van der Waals surface area (Å²) in [7, 11) is -4.24. The third-order valence-corrected chi connectivity index (χ3v) is 6.20. The van der Waals surface area contributed by atoms with Gasteiger partial charge in [-0.3, -0.25) is 4.55 Å². The molecule has 0 aliphatic carbocycles. The van der Waals surface area contributed by atoms with Crippen LogP contribution < -0.4 is 4.74 Å². The fourth-order valence-electron chi connectivity index (χ4n) is 3.61. The average molecular weight is 433 g/mol. The molecule has 0 aliphatic heterocycles. The first kappa shape index (κ1) is 24.4. The lowest BCUT2D eigenvalue weighted by atomic mass is 10.0. The van der Waals surface area contributed by atoms with Crippen LogP contribution in [-0.4, -0.2) is 13.0 Å². The second-order valence-corrected chi connectivity index (χ2v) is 9.37. The smallest absolute Gasteiger partial charge is 0.294 e. The summed E-state index contributed by atoms with van der Waals surface area (Å²) in [5.41, 5.74) is 1.12. The predicted molar refractivity (Wildman–Crippen MR) is 123 cm³/mol. The first-order valence-electron chi connectivity index (χ1n) is 11.3. The average Bonchev–Trinajstić information content (AvgIpc) is 2.73. The molecule has 0 saturated heterocycles. The first-order chi connectivity index (χ1) is 14.5. The van der Waals surface area contributed by atoms with Crippen LogP contribution in [0.25, 0.3) is 0 Å². The minimum Gasteiger partial charge on any atom is -0.457 e. The van der Waals surface area contributed by atoms with Crippen LogP contribution in [0.4, 0.5) is 0 Å². The van der Waals surface area contributed by atoms with Crippen molar-refractivity contribution in [3.63, 3.8) is 0 Å². The zero-order valence-corrected chi connectivity index (χ0v) is 19.0. The molecule has 0 unspecified atom stereocenters. The van der Waals surface area contributed by atoms with Gasteiger partial charge < -0.3 is 4.74 Å². The molecule has 0 atom stereocenters. The SMILES string of the molecule is CCCCCCCCCCCCCc1ccccc1Oc1cccc(S(=O)(=O)O)c1. The summed E-state index contributed by atoms with van der Waals surface area (Å²) in [5, 5.41) is 0. The molecule has 4 nitrogen and oxygen atoms in total. The molecule has 0 fully saturated rings. The molecule has 2 aromatic carbocycles. The molecular weight excluding hydrogens is 396 g/mol. The lowest BCUT2D eigenvalue weighted by molar-refractivity contribution is 0.466. The van der Waals surface area contributed by atoms with Crippen molar-refractivity contribution in [2.75, 3.05) is 0 Å². The lowest BCUT2D eigenvalue weighted by Crippen LogP contribution is -1.98. The number of aryl methyl sites for hydroxylation is 1. The van der Waals surface area contributed by atoms with Gasteiger partial charge in [0.15, 0.2) is 0 Å². The van der Waals surface area contributed by atoms with E-state index in [1.807, 2.05) is 18.2 Å². The largest absolute Gasteiger partial charge is 0.457 e. The van der Waals surface area contributed by atoms with Gasteiger partial charge in [0.2, 0.25) is 0 Å². The van der Waals surface area contributed by atoms with Crippen LogP contribution in [0.5, 0.6) is 11.5 Å². The molecule has 166 valence electrons. The molecule has 5 heteroatoms. The summed E-state index contributed by atoms with van der Waals surface area (Å²) in [6, 6.07) is 13.8. The molecule has 0 radical (unpaired) electrons. The number of hydrogen-bond acceptors (Lipinski definition) is 3. The van der Waals surface area contributed by atoms with Crippen molar-refractivity contribution >= 4 is 10.1 Å². The van der Waals surface area contributed by atoms with Crippen LogP contribution in [0.3, 0.4) is 0 Å². The van der Waals surface area contributed by atoms with E-state index in [4.69, 9.17) is 4.74 Å². The zero-order chi connectivity index (χ0) is 21.7. The van der Waals surface area contributed by atoms with Gasteiger partial charge in [0.1, 0.15) is 11.5 Å². The van der Waals surface area contributed by atoms with Crippen molar-refractivity contribution in [3.05, 3.63) is 54.1 Å². The van der Waals surface area contributed by atoms with E-state index in [0.717, 1.165) is 24.2 Å². The van der Waals surface area contributed by atoms with Crippen molar-refractivity contribution < 1.29 is 17.7 Å². The molecule has 0 aliphatic rings. The van der Waals surface area contributed by atoms with Gasteiger partial charge in [0.25, 0.3) is 10.1 Å². The minimum atomic E-state index is -4.24. The fraction of sp³-hybridized carbons (Fsp3) is 0.520. The Morgan fingerprint density at radius 1 is 0.767 bits per heavy atom. The van der Waals surface area contributed by atoms with E-state index < -0.39 is 10.1 Å². The van der Waals surface area contributed by atoms with E-state index in [-0.39, 0.29) is 4.90 Å². The normalized spacial score (nSPS) is 11.5. The van der Waals surface area contributed by atoms with Crippen LogP contribution in [0, 0.1) is 0 Å². The molecular formula is C25H36O4S. The van der Waals surface area contributed by atoms with Gasteiger partial charge in [-0.05, 0) is 36.6 Å². The Morgan fingerprint density at radius 3 is 2.00 bits per heavy atom. The third-order valence-electron chi connectivity index (χ3n) is 5.35. The van der Waals surface area contributed by atoms with Crippen molar-refractivity contribution in [1.82, 2.24) is 0 Å². The van der Waals surface area contributed by atoms with Gasteiger partial charge in [-0.25, -0.2) is 0 Å². The Kier molecular flexibility index (Phi) is 11.0. The highest BCUT2D eigenvalue weighted by molar-refractivity contribution is 7.85. The topological polar surface area (TPSA) is 63.6 Å². The van der Waals surface area contributed by atoms with Gasteiger partial charge in [0.05, 0.1) is 4.90 Å². The Morgan fingerprint density at radius 2 is 1.37 bits per heavy atom. The molecule has 0 bridgehead atoms. The monoisotopic (exact) mass is 432 g/mol. The summed E-state index contributed by atoms with van der Waals surface area (Å²) in [4.78, 5) is -0.164. The van der Waals surface area contributed by atoms with Crippen LogP contribution in [-0.2, 0) is 16.5 Å². The fourth-order valence-corrected chi connectivity index (χ4v) is 4.13. The summed E-state index contributed by atoms with van der Waals surface area (Å²) >= 11 is 0. The third kappa shape index (κ3) is 9.31. The van der Waals surface area contributed by atoms with Gasteiger partial charge in [0, 0.05) is 6.07 Å². The molecule has 0 aromatic heterocycles. The highest BCUT2D eigenvalue weighted by Gasteiger charge is 2.11. The second kappa shape index (κ2) is 13.5. The van der Waals surface area contributed by atoms with Crippen LogP contribution in [0.1, 0.15) is 83.1 Å². The lowest BCUT2D eigenvalue weighted by Gasteiger charge is -2.12. The highest BCUT2D eigenvalue weighted by atomic mass is 32.2. The van der Waals surface area contributed by atoms with Crippen molar-refractivity contribution in [2.45, 2.75) is 88.9 Å². The van der Waals surface area contributed by atoms with Gasteiger partial charge in [-0.15, -0.1) is 0 Å². The molecule has 1 N–H and O–H groups in total. The summed E-state index contributed by atoms with van der Waals surface area (Å²) in [5.74, 6) is 1.13. The molecule has 0 heterocycles. The van der Waals surface area contributed by atoms with E-state index in [9.17, 15) is 13.0 Å². The maximum absolute atomic E-state index is 11.3. The van der Waals surface area contributed by atoms with Crippen LogP contribution in [0.15, 0.2) is 53.4 Å². The Hall–Kier alpha value is -1.85. The zero-order valence-electron chi connectivity index (χ0n) is 18.2. The first-order valence-corrected chi connectivity index (χ1v) is 12.8. The van der Waals surface area contributed by atoms with Gasteiger partial charge in [-0.1, -0.05) is 95.4 Å². The molecule has 0 saturated carbocycles. The maximum Gasteiger partial charge on any atom is 0.294 e. The molecule has 30 heavy (non-hydrogen) atoms. The highest BCUT2D eigenvalue weighted by Crippen LogP contribution is 2.28. The van der Waals surface area contributed by atoms with Crippen molar-refractivity contribution in [1.29, 1.82) is 0 Å². The summed E-state index contributed by atoms with van der Waals surface area (Å²) < 4.78 is 37.8. The number of rotatable bonds is 15. The second-order valence-electron chi connectivity index (χ2n) is 7.95. The van der Waals surface area contributed by atoms with Crippen molar-refractivity contribution in [2.24, 2.45) is 0 Å². The number of hydrogen-bond donors (Lipinski definition) is 1. The molecule has 0 spiro atoms.